The fourth-order valence-electron chi connectivity index (χ4n) is 2.43. The van der Waals surface area contributed by atoms with Crippen LogP contribution in [-0.2, 0) is 15.1 Å². The maximum absolute atomic E-state index is 11.9. The topological polar surface area (TPSA) is 57.6 Å². The number of carbonyl (C=O) groups is 2. The fraction of sp³-hybridized carbons (Fsp3) is 0.429. The van der Waals surface area contributed by atoms with Crippen molar-refractivity contribution in [2.24, 2.45) is 0 Å². The molecule has 0 bridgehead atoms. The maximum atomic E-state index is 11.9. The molecule has 0 aliphatic heterocycles. The van der Waals surface area contributed by atoms with Crippen LogP contribution in [0.1, 0.15) is 32.3 Å². The highest BCUT2D eigenvalue weighted by Crippen LogP contribution is 2.39. The average Bonchev–Trinajstić information content (AvgIpc) is 3.12. The fourth-order valence-corrected chi connectivity index (χ4v) is 2.62. The largest absolute Gasteiger partial charge is 0.479 e. The number of hydrogen-bond acceptors (Lipinski definition) is 2. The third-order valence-corrected chi connectivity index (χ3v) is 3.77. The van der Waals surface area contributed by atoms with Gasteiger partial charge in [0.05, 0.1) is 0 Å². The Hall–Kier alpha value is -1.55. The Morgan fingerprint density at radius 1 is 1.42 bits per heavy atom. The molecule has 1 fully saturated rings. The average molecular weight is 282 g/mol. The van der Waals surface area contributed by atoms with Gasteiger partial charge in [-0.15, -0.1) is 0 Å². The van der Waals surface area contributed by atoms with Crippen LogP contribution in [0.5, 0.6) is 0 Å². The zero-order chi connectivity index (χ0) is 14.2. The molecule has 1 aromatic rings. The molecule has 1 unspecified atom stereocenters. The summed E-state index contributed by atoms with van der Waals surface area (Å²) in [5.74, 6) is -1.27. The van der Waals surface area contributed by atoms with Gasteiger partial charge in [0.2, 0.25) is 5.91 Å². The van der Waals surface area contributed by atoms with Gasteiger partial charge in [-0.1, -0.05) is 23.7 Å². The lowest BCUT2D eigenvalue weighted by Crippen LogP contribution is -2.53. The highest BCUT2D eigenvalue weighted by molar-refractivity contribution is 6.30. The lowest BCUT2D eigenvalue weighted by Gasteiger charge is -2.38. The molecule has 5 heteroatoms. The number of hydrogen-bond donors (Lipinski definition) is 1. The minimum absolute atomic E-state index is 0.0116. The third-order valence-electron chi connectivity index (χ3n) is 3.54. The van der Waals surface area contributed by atoms with Crippen molar-refractivity contribution in [3.8, 4) is 0 Å². The number of halogens is 1. The van der Waals surface area contributed by atoms with Gasteiger partial charge in [-0.05, 0) is 37.5 Å². The third kappa shape index (κ3) is 2.45. The number of nitrogens with zero attached hydrogens (tertiary/aromatic N) is 1. The van der Waals surface area contributed by atoms with Crippen LogP contribution in [-0.4, -0.2) is 27.9 Å². The molecule has 0 heterocycles. The smallest absolute Gasteiger partial charge is 0.334 e. The molecule has 1 N–H and O–H groups in total. The molecule has 0 saturated heterocycles. The maximum Gasteiger partial charge on any atom is 0.334 e. The van der Waals surface area contributed by atoms with E-state index in [4.69, 9.17) is 11.6 Å². The highest BCUT2D eigenvalue weighted by atomic mass is 35.5. The van der Waals surface area contributed by atoms with Crippen LogP contribution in [0.2, 0.25) is 5.02 Å². The van der Waals surface area contributed by atoms with E-state index >= 15 is 0 Å². The second-order valence-electron chi connectivity index (χ2n) is 5.01. The normalized spacial score (nSPS) is 17.6. The molecular formula is C14H16ClNO3. The van der Waals surface area contributed by atoms with Crippen molar-refractivity contribution in [1.29, 1.82) is 0 Å². The Morgan fingerprint density at radius 3 is 2.47 bits per heavy atom. The van der Waals surface area contributed by atoms with Crippen LogP contribution in [0, 0.1) is 0 Å². The molecule has 1 aliphatic carbocycles. The highest BCUT2D eigenvalue weighted by Gasteiger charge is 2.49. The van der Waals surface area contributed by atoms with Gasteiger partial charge in [0.1, 0.15) is 0 Å². The molecule has 1 aromatic carbocycles. The molecule has 4 nitrogen and oxygen atoms in total. The standard InChI is InChI=1S/C14H16ClNO3/c1-9(17)16(12-6-7-12)14(2,13(18)19)10-4-3-5-11(15)8-10/h3-5,8,12H,6-7H2,1-2H3,(H,18,19). The molecule has 102 valence electrons. The van der Waals surface area contributed by atoms with Crippen molar-refractivity contribution in [2.45, 2.75) is 38.3 Å². The second-order valence-corrected chi connectivity index (χ2v) is 5.44. The van der Waals surface area contributed by atoms with E-state index in [1.54, 1.807) is 31.2 Å². The molecule has 0 spiro atoms. The minimum atomic E-state index is -1.38. The molecule has 19 heavy (non-hydrogen) atoms. The van der Waals surface area contributed by atoms with Crippen molar-refractivity contribution >= 4 is 23.5 Å². The summed E-state index contributed by atoms with van der Waals surface area (Å²) in [7, 11) is 0. The molecule has 2 rings (SSSR count). The first kappa shape index (κ1) is 13.9. The van der Waals surface area contributed by atoms with E-state index in [-0.39, 0.29) is 11.9 Å². The van der Waals surface area contributed by atoms with Gasteiger partial charge < -0.3 is 10.0 Å². The Balaban J connectivity index is 2.53. The lowest BCUT2D eigenvalue weighted by molar-refractivity contribution is -0.159. The first-order valence-electron chi connectivity index (χ1n) is 6.16. The second kappa shape index (κ2) is 4.85. The number of rotatable bonds is 4. The number of carboxylic acid groups (broad SMARTS) is 1. The van der Waals surface area contributed by atoms with Crippen LogP contribution in [0.25, 0.3) is 0 Å². The van der Waals surface area contributed by atoms with E-state index < -0.39 is 11.5 Å². The molecule has 1 atom stereocenters. The van der Waals surface area contributed by atoms with Crippen molar-refractivity contribution < 1.29 is 14.7 Å². The number of carbonyl (C=O) groups excluding carboxylic acids is 1. The van der Waals surface area contributed by atoms with Crippen LogP contribution in [0.15, 0.2) is 24.3 Å². The predicted octanol–water partition coefficient (Wildman–Crippen LogP) is 2.65. The Labute approximate surface area is 117 Å². The van der Waals surface area contributed by atoms with E-state index in [0.717, 1.165) is 12.8 Å². The molecule has 0 radical (unpaired) electrons. The summed E-state index contributed by atoms with van der Waals surface area (Å²) in [5, 5.41) is 10.1. The zero-order valence-corrected chi connectivity index (χ0v) is 11.6. The molecular weight excluding hydrogens is 266 g/mol. The monoisotopic (exact) mass is 281 g/mol. The van der Waals surface area contributed by atoms with Crippen LogP contribution >= 0.6 is 11.6 Å². The summed E-state index contributed by atoms with van der Waals surface area (Å²) in [6, 6.07) is 6.69. The Bertz CT molecular complexity index is 527. The van der Waals surface area contributed by atoms with E-state index in [1.165, 1.54) is 11.8 Å². The van der Waals surface area contributed by atoms with Gasteiger partial charge >= 0.3 is 5.97 Å². The van der Waals surface area contributed by atoms with Gasteiger partial charge in [0.25, 0.3) is 0 Å². The van der Waals surface area contributed by atoms with E-state index in [2.05, 4.69) is 0 Å². The van der Waals surface area contributed by atoms with Crippen LogP contribution in [0.3, 0.4) is 0 Å². The Kier molecular flexibility index (Phi) is 3.54. The van der Waals surface area contributed by atoms with Gasteiger partial charge in [0.15, 0.2) is 5.54 Å². The summed E-state index contributed by atoms with van der Waals surface area (Å²) in [5.41, 5.74) is -0.854. The first-order valence-corrected chi connectivity index (χ1v) is 6.54. The summed E-state index contributed by atoms with van der Waals surface area (Å²) in [4.78, 5) is 25.1. The van der Waals surface area contributed by atoms with Crippen LogP contribution < -0.4 is 0 Å². The predicted molar refractivity (Wildman–Crippen MR) is 72.0 cm³/mol. The lowest BCUT2D eigenvalue weighted by atomic mass is 9.89. The van der Waals surface area contributed by atoms with Crippen molar-refractivity contribution in [3.63, 3.8) is 0 Å². The summed E-state index contributed by atoms with van der Waals surface area (Å²) in [6.45, 7) is 2.96. The van der Waals surface area contributed by atoms with E-state index in [0.29, 0.717) is 10.6 Å². The molecule has 0 aromatic heterocycles. The number of carboxylic acids is 1. The summed E-state index contributed by atoms with van der Waals surface area (Å²) >= 11 is 5.94. The Morgan fingerprint density at radius 2 is 2.05 bits per heavy atom. The van der Waals surface area contributed by atoms with E-state index in [9.17, 15) is 14.7 Å². The number of benzene rings is 1. The van der Waals surface area contributed by atoms with Gasteiger partial charge in [-0.3, -0.25) is 4.79 Å². The first-order chi connectivity index (χ1) is 8.87. The van der Waals surface area contributed by atoms with Crippen molar-refractivity contribution in [1.82, 2.24) is 4.90 Å². The zero-order valence-electron chi connectivity index (χ0n) is 10.9. The van der Waals surface area contributed by atoms with Gasteiger partial charge in [0, 0.05) is 18.0 Å². The van der Waals surface area contributed by atoms with Crippen molar-refractivity contribution in [3.05, 3.63) is 34.9 Å². The van der Waals surface area contributed by atoms with Gasteiger partial charge in [-0.25, -0.2) is 4.79 Å². The van der Waals surface area contributed by atoms with Crippen LogP contribution in [0.4, 0.5) is 0 Å². The van der Waals surface area contributed by atoms with E-state index in [1.807, 2.05) is 0 Å². The molecule has 1 saturated carbocycles. The number of amides is 1. The summed E-state index contributed by atoms with van der Waals surface area (Å²) in [6.07, 6.45) is 1.70. The van der Waals surface area contributed by atoms with Crippen molar-refractivity contribution in [2.75, 3.05) is 0 Å². The summed E-state index contributed by atoms with van der Waals surface area (Å²) < 4.78 is 0. The number of aliphatic carboxylic acids is 1. The molecule has 1 aliphatic rings. The minimum Gasteiger partial charge on any atom is -0.479 e. The van der Waals surface area contributed by atoms with Gasteiger partial charge in [-0.2, -0.15) is 0 Å². The quantitative estimate of drug-likeness (QED) is 0.923. The SMILES string of the molecule is CC(=O)N(C1CC1)C(C)(C(=O)O)c1cccc(Cl)c1. The molecule has 1 amide bonds.